The van der Waals surface area contributed by atoms with Crippen LogP contribution in [-0.4, -0.2) is 10.9 Å². The van der Waals surface area contributed by atoms with E-state index in [2.05, 4.69) is 11.4 Å². The Morgan fingerprint density at radius 2 is 1.96 bits per heavy atom. The van der Waals surface area contributed by atoms with E-state index >= 15 is 0 Å². The van der Waals surface area contributed by atoms with Crippen LogP contribution in [0.1, 0.15) is 58.7 Å². The first-order valence-corrected chi connectivity index (χ1v) is 10.0. The fourth-order valence-electron chi connectivity index (χ4n) is 3.59. The Morgan fingerprint density at radius 3 is 2.77 bits per heavy atom. The molecule has 134 valence electrons. The van der Waals surface area contributed by atoms with Gasteiger partial charge in [-0.15, -0.1) is 11.3 Å². The number of thiophene rings is 1. The van der Waals surface area contributed by atoms with E-state index in [0.717, 1.165) is 28.6 Å². The fraction of sp³-hybridized carbons (Fsp3) is 0.333. The maximum absolute atomic E-state index is 12.8. The summed E-state index contributed by atoms with van der Waals surface area (Å²) in [6.07, 6.45) is 5.72. The molecule has 2 heterocycles. The number of nitrogen functional groups attached to an aromatic ring is 1. The van der Waals surface area contributed by atoms with Gasteiger partial charge >= 0.3 is 0 Å². The number of aromatic nitrogens is 1. The summed E-state index contributed by atoms with van der Waals surface area (Å²) in [6.45, 7) is 1.98. The minimum atomic E-state index is -0.128. The van der Waals surface area contributed by atoms with E-state index in [9.17, 15) is 4.79 Å². The van der Waals surface area contributed by atoms with E-state index in [4.69, 9.17) is 10.7 Å². The zero-order valence-corrected chi connectivity index (χ0v) is 15.7. The third-order valence-corrected chi connectivity index (χ3v) is 6.22. The molecule has 1 amide bonds. The van der Waals surface area contributed by atoms with Gasteiger partial charge in [-0.3, -0.25) is 4.79 Å². The second-order valence-corrected chi connectivity index (χ2v) is 7.96. The first-order valence-electron chi connectivity index (χ1n) is 9.20. The lowest BCUT2D eigenvalue weighted by molar-refractivity contribution is 0.0945. The van der Waals surface area contributed by atoms with Crippen LogP contribution in [0.3, 0.4) is 0 Å². The molecule has 0 saturated heterocycles. The van der Waals surface area contributed by atoms with Gasteiger partial charge in [0, 0.05) is 11.1 Å². The number of benzene rings is 1. The zero-order chi connectivity index (χ0) is 18.1. The molecule has 1 aliphatic rings. The molecule has 4 nitrogen and oxygen atoms in total. The molecule has 26 heavy (non-hydrogen) atoms. The molecule has 0 spiro atoms. The van der Waals surface area contributed by atoms with E-state index in [1.165, 1.54) is 41.9 Å². The number of aryl methyl sites for hydroxylation is 2. The van der Waals surface area contributed by atoms with Crippen LogP contribution in [0.25, 0.3) is 10.2 Å². The monoisotopic (exact) mass is 365 g/mol. The van der Waals surface area contributed by atoms with Gasteiger partial charge in [0.25, 0.3) is 5.91 Å². The number of nitrogens with zero attached hydrogens (tertiary/aromatic N) is 1. The van der Waals surface area contributed by atoms with Crippen LogP contribution in [0.15, 0.2) is 36.4 Å². The van der Waals surface area contributed by atoms with Gasteiger partial charge < -0.3 is 11.1 Å². The molecule has 2 aromatic heterocycles. The number of hydrogen-bond donors (Lipinski definition) is 2. The lowest BCUT2D eigenvalue weighted by Gasteiger charge is -2.13. The first-order chi connectivity index (χ1) is 12.6. The normalized spacial score (nSPS) is 15.3. The third-order valence-electron chi connectivity index (χ3n) is 5.10. The zero-order valence-electron chi connectivity index (χ0n) is 14.9. The Kier molecular flexibility index (Phi) is 4.64. The van der Waals surface area contributed by atoms with Gasteiger partial charge in [0.1, 0.15) is 9.71 Å². The summed E-state index contributed by atoms with van der Waals surface area (Å²) in [5.41, 5.74) is 10.4. The Balaban J connectivity index is 1.64. The second kappa shape index (κ2) is 7.08. The van der Waals surface area contributed by atoms with Crippen molar-refractivity contribution >= 4 is 33.1 Å². The number of carbonyl (C=O) groups is 1. The number of nitrogens with two attached hydrogens (primary N) is 1. The SMILES string of the molecule is CC(NC(=O)c1sc2nc3c(cc2c1N)CCCCC3)c1ccccc1. The lowest BCUT2D eigenvalue weighted by Crippen LogP contribution is -2.26. The van der Waals surface area contributed by atoms with Crippen molar-refractivity contribution in [2.24, 2.45) is 0 Å². The highest BCUT2D eigenvalue weighted by molar-refractivity contribution is 7.21. The summed E-state index contributed by atoms with van der Waals surface area (Å²) >= 11 is 1.40. The lowest BCUT2D eigenvalue weighted by atomic mass is 10.1. The highest BCUT2D eigenvalue weighted by atomic mass is 32.1. The third kappa shape index (κ3) is 3.19. The molecule has 3 aromatic rings. The van der Waals surface area contributed by atoms with Crippen molar-refractivity contribution in [2.75, 3.05) is 5.73 Å². The van der Waals surface area contributed by atoms with Gasteiger partial charge in [0.2, 0.25) is 0 Å². The molecular formula is C21H23N3OS. The van der Waals surface area contributed by atoms with E-state index in [1.54, 1.807) is 0 Å². The molecule has 1 unspecified atom stereocenters. The summed E-state index contributed by atoms with van der Waals surface area (Å²) in [7, 11) is 0. The average molecular weight is 366 g/mol. The molecule has 0 bridgehead atoms. The molecule has 1 aliphatic carbocycles. The highest BCUT2D eigenvalue weighted by Gasteiger charge is 2.21. The molecule has 1 aromatic carbocycles. The van der Waals surface area contributed by atoms with Gasteiger partial charge in [0.15, 0.2) is 0 Å². The van der Waals surface area contributed by atoms with Crippen LogP contribution >= 0.6 is 11.3 Å². The highest BCUT2D eigenvalue weighted by Crippen LogP contribution is 2.35. The van der Waals surface area contributed by atoms with Crippen molar-refractivity contribution in [1.29, 1.82) is 0 Å². The smallest absolute Gasteiger partial charge is 0.264 e. The molecule has 0 radical (unpaired) electrons. The minimum Gasteiger partial charge on any atom is -0.397 e. The van der Waals surface area contributed by atoms with Crippen molar-refractivity contribution in [3.8, 4) is 0 Å². The Morgan fingerprint density at radius 1 is 1.19 bits per heavy atom. The largest absolute Gasteiger partial charge is 0.397 e. The van der Waals surface area contributed by atoms with Crippen LogP contribution in [0.4, 0.5) is 5.69 Å². The van der Waals surface area contributed by atoms with Crippen LogP contribution < -0.4 is 11.1 Å². The minimum absolute atomic E-state index is 0.0713. The number of anilines is 1. The fourth-order valence-corrected chi connectivity index (χ4v) is 4.59. The molecule has 1 atom stereocenters. The Labute approximate surface area is 157 Å². The topological polar surface area (TPSA) is 68.0 Å². The number of pyridine rings is 1. The Hall–Kier alpha value is -2.40. The van der Waals surface area contributed by atoms with E-state index < -0.39 is 0 Å². The number of amides is 1. The summed E-state index contributed by atoms with van der Waals surface area (Å²) in [5.74, 6) is -0.128. The molecular weight excluding hydrogens is 342 g/mol. The van der Waals surface area contributed by atoms with E-state index in [1.807, 2.05) is 37.3 Å². The molecule has 3 N–H and O–H groups in total. The van der Waals surface area contributed by atoms with Crippen molar-refractivity contribution in [3.05, 3.63) is 58.1 Å². The van der Waals surface area contributed by atoms with Crippen molar-refractivity contribution in [2.45, 2.75) is 45.1 Å². The van der Waals surface area contributed by atoms with Gasteiger partial charge in [0.05, 0.1) is 11.7 Å². The van der Waals surface area contributed by atoms with Crippen molar-refractivity contribution < 1.29 is 4.79 Å². The number of rotatable bonds is 3. The molecule has 5 heteroatoms. The Bertz CT molecular complexity index is 949. The number of nitrogens with one attached hydrogen (secondary N) is 1. The predicted octanol–water partition coefficient (Wildman–Crippen LogP) is 4.64. The van der Waals surface area contributed by atoms with Crippen LogP contribution in [0.5, 0.6) is 0 Å². The van der Waals surface area contributed by atoms with Crippen molar-refractivity contribution in [3.63, 3.8) is 0 Å². The van der Waals surface area contributed by atoms with Crippen LogP contribution in [-0.2, 0) is 12.8 Å². The predicted molar refractivity (Wildman–Crippen MR) is 108 cm³/mol. The van der Waals surface area contributed by atoms with Crippen LogP contribution in [0.2, 0.25) is 0 Å². The molecule has 0 saturated carbocycles. The van der Waals surface area contributed by atoms with Crippen LogP contribution in [0, 0.1) is 0 Å². The van der Waals surface area contributed by atoms with Crippen molar-refractivity contribution in [1.82, 2.24) is 10.3 Å². The van der Waals surface area contributed by atoms with Gasteiger partial charge in [-0.05, 0) is 49.8 Å². The number of carbonyl (C=O) groups excluding carboxylic acids is 1. The van der Waals surface area contributed by atoms with Gasteiger partial charge in [-0.1, -0.05) is 36.8 Å². The maximum atomic E-state index is 12.8. The number of fused-ring (bicyclic) bond motifs is 2. The van der Waals surface area contributed by atoms with Gasteiger partial charge in [-0.2, -0.15) is 0 Å². The van der Waals surface area contributed by atoms with Gasteiger partial charge in [-0.25, -0.2) is 4.98 Å². The van der Waals surface area contributed by atoms with E-state index in [-0.39, 0.29) is 11.9 Å². The molecule has 0 fully saturated rings. The standard InChI is InChI=1S/C21H23N3OS/c1-13(14-8-4-2-5-9-14)23-20(25)19-18(22)16-12-15-10-6-3-7-11-17(15)24-21(16)26-19/h2,4-5,8-9,12-13H,3,6-7,10-11,22H2,1H3,(H,23,25). The summed E-state index contributed by atoms with van der Waals surface area (Å²) in [4.78, 5) is 19.1. The average Bonchev–Trinajstić information content (AvgIpc) is 2.82. The maximum Gasteiger partial charge on any atom is 0.264 e. The summed E-state index contributed by atoms with van der Waals surface area (Å²) in [5, 5.41) is 3.98. The van der Waals surface area contributed by atoms with E-state index in [0.29, 0.717) is 10.6 Å². The molecule has 4 rings (SSSR count). The molecule has 0 aliphatic heterocycles. The first kappa shape index (κ1) is 17.0. The number of hydrogen-bond acceptors (Lipinski definition) is 4. The quantitative estimate of drug-likeness (QED) is 0.665. The summed E-state index contributed by atoms with van der Waals surface area (Å²) in [6, 6.07) is 12.0. The second-order valence-electron chi connectivity index (χ2n) is 6.96. The summed E-state index contributed by atoms with van der Waals surface area (Å²) < 4.78 is 0.